The summed E-state index contributed by atoms with van der Waals surface area (Å²) in [5, 5.41) is 3.01. The molecule has 2 fully saturated rings. The predicted octanol–water partition coefficient (Wildman–Crippen LogP) is 2.79. The van der Waals surface area contributed by atoms with Gasteiger partial charge in [-0.1, -0.05) is 6.07 Å². The molecule has 0 spiro atoms. The van der Waals surface area contributed by atoms with Crippen LogP contribution in [0.2, 0.25) is 0 Å². The number of amides is 1. The van der Waals surface area contributed by atoms with Crippen LogP contribution in [-0.2, 0) is 6.54 Å². The number of hydrogen-bond acceptors (Lipinski definition) is 6. The van der Waals surface area contributed by atoms with Crippen molar-refractivity contribution in [3.05, 3.63) is 54.1 Å². The van der Waals surface area contributed by atoms with Crippen LogP contribution in [0.4, 0.5) is 5.69 Å². The molecule has 4 heterocycles. The molecule has 0 aromatic carbocycles. The largest absolute Gasteiger partial charge is 0.369 e. The van der Waals surface area contributed by atoms with Gasteiger partial charge in [-0.2, -0.15) is 0 Å². The average molecular weight is 437 g/mol. The van der Waals surface area contributed by atoms with E-state index in [1.807, 2.05) is 24.4 Å². The summed E-state index contributed by atoms with van der Waals surface area (Å²) in [7, 11) is 0. The Labute approximate surface area is 191 Å². The van der Waals surface area contributed by atoms with Crippen LogP contribution in [-0.4, -0.2) is 77.0 Å². The van der Waals surface area contributed by atoms with Gasteiger partial charge in [-0.3, -0.25) is 19.7 Å². The van der Waals surface area contributed by atoms with Gasteiger partial charge < -0.3 is 15.1 Å². The number of likely N-dealkylation sites (tertiary alicyclic amines) is 1. The van der Waals surface area contributed by atoms with Crippen LogP contribution >= 0.6 is 0 Å². The minimum absolute atomic E-state index is 0.150. The Morgan fingerprint density at radius 2 is 1.91 bits per heavy atom. The fourth-order valence-corrected chi connectivity index (χ4v) is 4.92. The number of nitrogens with zero attached hydrogens (tertiary/aromatic N) is 5. The number of anilines is 1. The highest BCUT2D eigenvalue weighted by molar-refractivity contribution is 5.92. The van der Waals surface area contributed by atoms with E-state index in [9.17, 15) is 4.79 Å². The van der Waals surface area contributed by atoms with Crippen molar-refractivity contribution in [2.24, 2.45) is 0 Å². The van der Waals surface area contributed by atoms with Crippen LogP contribution in [0.15, 0.2) is 42.9 Å². The van der Waals surface area contributed by atoms with Gasteiger partial charge in [0.15, 0.2) is 0 Å². The van der Waals surface area contributed by atoms with E-state index in [4.69, 9.17) is 0 Å². The molecule has 32 heavy (non-hydrogen) atoms. The molecule has 0 unspecified atom stereocenters. The van der Waals surface area contributed by atoms with E-state index in [-0.39, 0.29) is 5.91 Å². The Balaban J connectivity index is 1.35. The summed E-state index contributed by atoms with van der Waals surface area (Å²) in [4.78, 5) is 28.7. The second kappa shape index (κ2) is 10.9. The fourth-order valence-electron chi connectivity index (χ4n) is 4.92. The molecule has 172 valence electrons. The average Bonchev–Trinajstić information content (AvgIpc) is 3.09. The molecule has 2 saturated heterocycles. The summed E-state index contributed by atoms with van der Waals surface area (Å²) in [6.45, 7) is 11.8. The number of carbonyl (C=O) groups excluding carboxylic acids is 1. The summed E-state index contributed by atoms with van der Waals surface area (Å²) in [6.07, 6.45) is 9.09. The lowest BCUT2D eigenvalue weighted by Crippen LogP contribution is -2.47. The topological polar surface area (TPSA) is 64.6 Å². The van der Waals surface area contributed by atoms with Crippen LogP contribution < -0.4 is 10.2 Å². The third kappa shape index (κ3) is 5.64. The first-order valence-electron chi connectivity index (χ1n) is 12.0. The van der Waals surface area contributed by atoms with Gasteiger partial charge >= 0.3 is 0 Å². The Bertz CT molecular complexity index is 866. The number of hydrogen-bond donors (Lipinski definition) is 1. The maximum absolute atomic E-state index is 12.4. The zero-order valence-electron chi connectivity index (χ0n) is 19.4. The molecule has 1 N–H and O–H groups in total. The minimum Gasteiger partial charge on any atom is -0.369 e. The molecule has 0 atom stereocenters. The van der Waals surface area contributed by atoms with E-state index < -0.39 is 0 Å². The number of rotatable bonds is 6. The Morgan fingerprint density at radius 3 is 2.66 bits per heavy atom. The van der Waals surface area contributed by atoms with Crippen molar-refractivity contribution in [2.75, 3.05) is 44.2 Å². The van der Waals surface area contributed by atoms with Crippen LogP contribution in [0.5, 0.6) is 0 Å². The smallest absolute Gasteiger partial charge is 0.270 e. The summed E-state index contributed by atoms with van der Waals surface area (Å²) >= 11 is 0. The summed E-state index contributed by atoms with van der Waals surface area (Å²) in [6, 6.07) is 8.74. The molecule has 7 heteroatoms. The van der Waals surface area contributed by atoms with E-state index in [1.165, 1.54) is 25.9 Å². The summed E-state index contributed by atoms with van der Waals surface area (Å²) < 4.78 is 0. The molecule has 2 aromatic rings. The SMILES string of the molecule is CC(C)N1CCC(N2CCCN(c3cnccc3CNC(=O)c3ccccn3)CC2)CC1. The van der Waals surface area contributed by atoms with Crippen molar-refractivity contribution in [1.29, 1.82) is 0 Å². The standard InChI is InChI=1S/C25H36N6O/c1-20(2)29-14-8-22(9-15-29)30-12-5-13-31(17-16-30)24-19-26-11-7-21(24)18-28-25(32)23-6-3-4-10-27-23/h3-4,6-7,10-11,19-20,22H,5,8-9,12-18H2,1-2H3,(H,28,32). The molecule has 7 nitrogen and oxygen atoms in total. The van der Waals surface area contributed by atoms with Crippen molar-refractivity contribution in [1.82, 2.24) is 25.1 Å². The maximum atomic E-state index is 12.4. The quantitative estimate of drug-likeness (QED) is 0.751. The van der Waals surface area contributed by atoms with Crippen molar-refractivity contribution in [3.63, 3.8) is 0 Å². The monoisotopic (exact) mass is 436 g/mol. The molecule has 2 aromatic heterocycles. The van der Waals surface area contributed by atoms with E-state index >= 15 is 0 Å². The van der Waals surface area contributed by atoms with Gasteiger partial charge in [0.25, 0.3) is 5.91 Å². The first-order chi connectivity index (χ1) is 15.6. The number of carbonyl (C=O) groups is 1. The second-order valence-corrected chi connectivity index (χ2v) is 9.14. The minimum atomic E-state index is -0.150. The van der Waals surface area contributed by atoms with E-state index in [2.05, 4.69) is 43.8 Å². The Morgan fingerprint density at radius 1 is 1.06 bits per heavy atom. The molecule has 0 radical (unpaired) electrons. The third-order valence-corrected chi connectivity index (χ3v) is 6.84. The first-order valence-corrected chi connectivity index (χ1v) is 12.0. The highest BCUT2D eigenvalue weighted by Crippen LogP contribution is 2.24. The van der Waals surface area contributed by atoms with Crippen molar-refractivity contribution >= 4 is 11.6 Å². The molecule has 1 amide bonds. The Hall–Kier alpha value is -2.51. The third-order valence-electron chi connectivity index (χ3n) is 6.84. The van der Waals surface area contributed by atoms with Crippen molar-refractivity contribution in [2.45, 2.75) is 51.7 Å². The number of nitrogens with one attached hydrogen (secondary N) is 1. The molecular formula is C25H36N6O. The van der Waals surface area contributed by atoms with Crippen LogP contribution in [0.3, 0.4) is 0 Å². The van der Waals surface area contributed by atoms with Gasteiger partial charge in [-0.05, 0) is 70.0 Å². The normalized spacial score (nSPS) is 19.2. The first kappa shape index (κ1) is 22.7. The number of piperidine rings is 1. The molecule has 2 aliphatic heterocycles. The zero-order chi connectivity index (χ0) is 22.3. The molecule has 0 aliphatic carbocycles. The van der Waals surface area contributed by atoms with Crippen molar-refractivity contribution in [3.8, 4) is 0 Å². The lowest BCUT2D eigenvalue weighted by Gasteiger charge is -2.39. The highest BCUT2D eigenvalue weighted by Gasteiger charge is 2.27. The van der Waals surface area contributed by atoms with Gasteiger partial charge in [0.2, 0.25) is 0 Å². The van der Waals surface area contributed by atoms with Crippen LogP contribution in [0, 0.1) is 0 Å². The maximum Gasteiger partial charge on any atom is 0.270 e. The molecule has 0 saturated carbocycles. The number of pyridine rings is 2. The van der Waals surface area contributed by atoms with E-state index in [0.29, 0.717) is 24.3 Å². The molecular weight excluding hydrogens is 400 g/mol. The predicted molar refractivity (Wildman–Crippen MR) is 128 cm³/mol. The van der Waals surface area contributed by atoms with E-state index in [1.54, 1.807) is 18.5 Å². The molecule has 0 bridgehead atoms. The molecule has 2 aliphatic rings. The van der Waals surface area contributed by atoms with E-state index in [0.717, 1.165) is 43.9 Å². The van der Waals surface area contributed by atoms with Gasteiger partial charge in [0, 0.05) is 57.2 Å². The van der Waals surface area contributed by atoms with Gasteiger partial charge in [-0.15, -0.1) is 0 Å². The lowest BCUT2D eigenvalue weighted by atomic mass is 10.0. The van der Waals surface area contributed by atoms with Gasteiger partial charge in [0.05, 0.1) is 11.9 Å². The number of aromatic nitrogens is 2. The van der Waals surface area contributed by atoms with Crippen molar-refractivity contribution < 1.29 is 4.79 Å². The van der Waals surface area contributed by atoms with Crippen LogP contribution in [0.25, 0.3) is 0 Å². The summed E-state index contributed by atoms with van der Waals surface area (Å²) in [5.74, 6) is -0.150. The zero-order valence-corrected chi connectivity index (χ0v) is 19.4. The Kier molecular flexibility index (Phi) is 7.71. The lowest BCUT2D eigenvalue weighted by molar-refractivity contribution is 0.0945. The van der Waals surface area contributed by atoms with Gasteiger partial charge in [-0.25, -0.2) is 0 Å². The van der Waals surface area contributed by atoms with Gasteiger partial charge in [0.1, 0.15) is 5.69 Å². The molecule has 4 rings (SSSR count). The second-order valence-electron chi connectivity index (χ2n) is 9.14. The summed E-state index contributed by atoms with van der Waals surface area (Å²) in [5.41, 5.74) is 2.67. The fraction of sp³-hybridized carbons (Fsp3) is 0.560. The van der Waals surface area contributed by atoms with Crippen LogP contribution in [0.1, 0.15) is 49.2 Å². The highest BCUT2D eigenvalue weighted by atomic mass is 16.1.